The first-order chi connectivity index (χ1) is 7.18. The van der Waals surface area contributed by atoms with E-state index in [1.807, 2.05) is 0 Å². The molecule has 1 saturated carbocycles. The van der Waals surface area contributed by atoms with E-state index in [1.54, 1.807) is 0 Å². The summed E-state index contributed by atoms with van der Waals surface area (Å²) >= 11 is 0. The maximum atomic E-state index is 3.41. The molecule has 0 nitrogen and oxygen atoms in total. The summed E-state index contributed by atoms with van der Waals surface area (Å²) in [6, 6.07) is 0. The second-order valence-corrected chi connectivity index (χ2v) is 5.56. The zero-order chi connectivity index (χ0) is 10.8. The van der Waals surface area contributed by atoms with Crippen molar-refractivity contribution in [2.24, 2.45) is 23.7 Å². The third-order valence-electron chi connectivity index (χ3n) is 4.04. The van der Waals surface area contributed by atoms with Gasteiger partial charge in [0.05, 0.1) is 0 Å². The highest BCUT2D eigenvalue weighted by Crippen LogP contribution is 2.42. The summed E-state index contributed by atoms with van der Waals surface area (Å²) in [6.07, 6.45) is 10.6. The van der Waals surface area contributed by atoms with Gasteiger partial charge in [0, 0.05) is 0 Å². The Morgan fingerprint density at radius 1 is 1.33 bits per heavy atom. The molecule has 0 heteroatoms. The van der Waals surface area contributed by atoms with E-state index in [-0.39, 0.29) is 0 Å². The van der Waals surface area contributed by atoms with Gasteiger partial charge in [-0.2, -0.15) is 0 Å². The van der Waals surface area contributed by atoms with Crippen LogP contribution in [0.15, 0.2) is 29.5 Å². The van der Waals surface area contributed by atoms with Gasteiger partial charge in [0.1, 0.15) is 0 Å². The molecule has 0 unspecified atom stereocenters. The molecule has 82 valence electrons. The lowest BCUT2D eigenvalue weighted by Gasteiger charge is -2.37. The van der Waals surface area contributed by atoms with Gasteiger partial charge < -0.3 is 0 Å². The van der Waals surface area contributed by atoms with Crippen molar-refractivity contribution >= 4 is 0 Å². The second-order valence-electron chi connectivity index (χ2n) is 5.56. The van der Waals surface area contributed by atoms with Crippen LogP contribution in [0.1, 0.15) is 40.0 Å². The Labute approximate surface area is 93.8 Å². The largest absolute Gasteiger partial charge is 0.117 e. The summed E-state index contributed by atoms with van der Waals surface area (Å²) in [4.78, 5) is 0. The van der Waals surface area contributed by atoms with Crippen molar-refractivity contribution in [3.63, 3.8) is 0 Å². The molecule has 2 aliphatic carbocycles. The minimum atomic E-state index is 0.767. The molecule has 0 heterocycles. The van der Waals surface area contributed by atoms with Crippen LogP contribution in [0.2, 0.25) is 0 Å². The van der Waals surface area contributed by atoms with Crippen molar-refractivity contribution in [1.82, 2.24) is 0 Å². The van der Waals surface area contributed by atoms with Gasteiger partial charge in [-0.15, -0.1) is 5.73 Å². The number of hydrogen-bond donors (Lipinski definition) is 0. The Kier molecular flexibility index (Phi) is 3.17. The van der Waals surface area contributed by atoms with E-state index in [4.69, 9.17) is 0 Å². The minimum Gasteiger partial charge on any atom is -0.117 e. The molecule has 15 heavy (non-hydrogen) atoms. The van der Waals surface area contributed by atoms with Crippen LogP contribution in [0.3, 0.4) is 0 Å². The monoisotopic (exact) mass is 202 g/mol. The SMILES string of the molecule is CC(C)[C@H]1CC[C@H](C)C[C@H]1C1=C=CC=C1. The quantitative estimate of drug-likeness (QED) is 0.584. The zero-order valence-electron chi connectivity index (χ0n) is 10.2. The first kappa shape index (κ1) is 10.8. The van der Waals surface area contributed by atoms with E-state index >= 15 is 0 Å². The van der Waals surface area contributed by atoms with E-state index in [2.05, 4.69) is 44.7 Å². The molecule has 0 radical (unpaired) electrons. The van der Waals surface area contributed by atoms with Crippen molar-refractivity contribution in [3.8, 4) is 0 Å². The average Bonchev–Trinajstić information content (AvgIpc) is 2.69. The Balaban J connectivity index is 2.17. The molecule has 0 spiro atoms. The molecular weight excluding hydrogens is 180 g/mol. The lowest BCUT2D eigenvalue weighted by Crippen LogP contribution is -2.28. The zero-order valence-corrected chi connectivity index (χ0v) is 10.2. The van der Waals surface area contributed by atoms with E-state index in [0.717, 1.165) is 23.7 Å². The normalized spacial score (nSPS) is 34.9. The minimum absolute atomic E-state index is 0.767. The van der Waals surface area contributed by atoms with Crippen LogP contribution >= 0.6 is 0 Å². The van der Waals surface area contributed by atoms with Crippen molar-refractivity contribution in [2.75, 3.05) is 0 Å². The van der Waals surface area contributed by atoms with Gasteiger partial charge >= 0.3 is 0 Å². The molecule has 0 N–H and O–H groups in total. The Morgan fingerprint density at radius 2 is 2.13 bits per heavy atom. The second kappa shape index (κ2) is 4.41. The lowest BCUT2D eigenvalue weighted by molar-refractivity contribution is 0.173. The standard InChI is InChI=1S/C15H22/c1-11(2)14-9-8-12(3)10-15(14)13-6-4-5-7-13/h4-6,11-12,14-15H,8-10H2,1-3H3/t12-,14+,15-/m0/s1. The van der Waals surface area contributed by atoms with Crippen molar-refractivity contribution in [3.05, 3.63) is 29.5 Å². The predicted molar refractivity (Wildman–Crippen MR) is 65.6 cm³/mol. The fourth-order valence-corrected chi connectivity index (χ4v) is 3.13. The fraction of sp³-hybridized carbons (Fsp3) is 0.667. The Hall–Kier alpha value is -0.740. The molecule has 0 aromatic carbocycles. The van der Waals surface area contributed by atoms with Gasteiger partial charge in [-0.05, 0) is 48.2 Å². The number of rotatable bonds is 2. The summed E-state index contributed by atoms with van der Waals surface area (Å²) in [6.45, 7) is 7.14. The van der Waals surface area contributed by atoms with Crippen LogP contribution in [0, 0.1) is 23.7 Å². The van der Waals surface area contributed by atoms with Gasteiger partial charge in [0.2, 0.25) is 0 Å². The molecule has 1 fully saturated rings. The van der Waals surface area contributed by atoms with Crippen LogP contribution in [0.4, 0.5) is 0 Å². The molecule has 0 saturated heterocycles. The third-order valence-corrected chi connectivity index (χ3v) is 4.04. The highest BCUT2D eigenvalue weighted by Gasteiger charge is 2.32. The third kappa shape index (κ3) is 2.26. The predicted octanol–water partition coefficient (Wildman–Crippen LogP) is 4.35. The summed E-state index contributed by atoms with van der Waals surface area (Å²) in [7, 11) is 0. The van der Waals surface area contributed by atoms with Gasteiger partial charge in [-0.1, -0.05) is 39.3 Å². The molecule has 3 atom stereocenters. The summed E-state index contributed by atoms with van der Waals surface area (Å²) in [5.74, 6) is 3.35. The van der Waals surface area contributed by atoms with Gasteiger partial charge in [0.25, 0.3) is 0 Å². The maximum absolute atomic E-state index is 3.41. The molecule has 0 amide bonds. The van der Waals surface area contributed by atoms with Crippen LogP contribution in [0.25, 0.3) is 0 Å². The van der Waals surface area contributed by atoms with Gasteiger partial charge in [-0.3, -0.25) is 0 Å². The van der Waals surface area contributed by atoms with Gasteiger partial charge in [0.15, 0.2) is 0 Å². The van der Waals surface area contributed by atoms with Crippen LogP contribution in [-0.4, -0.2) is 0 Å². The Bertz CT molecular complexity index is 313. The van der Waals surface area contributed by atoms with E-state index in [9.17, 15) is 0 Å². The lowest BCUT2D eigenvalue weighted by atomic mass is 9.67. The topological polar surface area (TPSA) is 0 Å². The molecule has 0 aliphatic heterocycles. The van der Waals surface area contributed by atoms with Crippen LogP contribution in [0.5, 0.6) is 0 Å². The fourth-order valence-electron chi connectivity index (χ4n) is 3.13. The van der Waals surface area contributed by atoms with Crippen molar-refractivity contribution < 1.29 is 0 Å². The van der Waals surface area contributed by atoms with Gasteiger partial charge in [-0.25, -0.2) is 0 Å². The summed E-state index contributed by atoms with van der Waals surface area (Å²) < 4.78 is 0. The number of hydrogen-bond acceptors (Lipinski definition) is 0. The van der Waals surface area contributed by atoms with Crippen molar-refractivity contribution in [2.45, 2.75) is 40.0 Å². The first-order valence-corrected chi connectivity index (χ1v) is 6.31. The number of allylic oxidation sites excluding steroid dienone is 3. The van der Waals surface area contributed by atoms with Crippen molar-refractivity contribution in [1.29, 1.82) is 0 Å². The highest BCUT2D eigenvalue weighted by atomic mass is 14.4. The molecule has 0 aromatic heterocycles. The van der Waals surface area contributed by atoms with Crippen LogP contribution < -0.4 is 0 Å². The summed E-state index contributed by atoms with van der Waals surface area (Å²) in [5.41, 5.74) is 4.87. The molecule has 0 aromatic rings. The molecule has 2 aliphatic rings. The van der Waals surface area contributed by atoms with Crippen LogP contribution in [-0.2, 0) is 0 Å². The van der Waals surface area contributed by atoms with E-state index < -0.39 is 0 Å². The van der Waals surface area contributed by atoms with E-state index in [0.29, 0.717) is 0 Å². The van der Waals surface area contributed by atoms with E-state index in [1.165, 1.54) is 24.8 Å². The smallest absolute Gasteiger partial charge is 0.00262 e. The molecule has 0 bridgehead atoms. The summed E-state index contributed by atoms with van der Waals surface area (Å²) in [5, 5.41) is 0. The highest BCUT2D eigenvalue weighted by molar-refractivity contribution is 5.31. The molecular formula is C15H22. The maximum Gasteiger partial charge on any atom is -0.00262 e. The first-order valence-electron chi connectivity index (χ1n) is 6.31. The Morgan fingerprint density at radius 3 is 2.73 bits per heavy atom. The average molecular weight is 202 g/mol. The molecule has 2 rings (SSSR count).